The number of hydrogen-bond donors (Lipinski definition) is 2. The van der Waals surface area contributed by atoms with E-state index in [1.165, 1.54) is 0 Å². The molecule has 0 heterocycles. The Labute approximate surface area is 107 Å². The van der Waals surface area contributed by atoms with Gasteiger partial charge >= 0.3 is 0 Å². The van der Waals surface area contributed by atoms with Crippen LogP contribution < -0.4 is 5.32 Å². The molecule has 17 heavy (non-hydrogen) atoms. The Morgan fingerprint density at radius 3 is 2.29 bits per heavy atom. The van der Waals surface area contributed by atoms with Crippen LogP contribution in [0.15, 0.2) is 0 Å². The number of aliphatic hydroxyl groups excluding tert-OH is 1. The van der Waals surface area contributed by atoms with Gasteiger partial charge in [-0.1, -0.05) is 20.8 Å². The molecule has 0 aromatic heterocycles. The predicted molar refractivity (Wildman–Crippen MR) is 74.4 cm³/mol. The smallest absolute Gasteiger partial charge is 0.0791 e. The highest BCUT2D eigenvalue weighted by Gasteiger charge is 2.10. The minimum Gasteiger partial charge on any atom is -0.390 e. The molecular weight excluding hydrogens is 214 g/mol. The average molecular weight is 245 g/mol. The Morgan fingerprint density at radius 1 is 1.18 bits per heavy atom. The highest BCUT2D eigenvalue weighted by Crippen LogP contribution is 1.96. The van der Waals surface area contributed by atoms with Gasteiger partial charge in [0.15, 0.2) is 0 Å². The van der Waals surface area contributed by atoms with Crippen LogP contribution in [0.2, 0.25) is 0 Å². The molecule has 0 aliphatic heterocycles. The molecular formula is C13H31N3O. The first kappa shape index (κ1) is 16.8. The van der Waals surface area contributed by atoms with Crippen LogP contribution in [0, 0.1) is 0 Å². The Morgan fingerprint density at radius 2 is 1.82 bits per heavy atom. The number of hydrogen-bond acceptors (Lipinski definition) is 4. The molecule has 0 rings (SSSR count). The summed E-state index contributed by atoms with van der Waals surface area (Å²) in [7, 11) is 4.19. The minimum absolute atomic E-state index is 0.267. The lowest BCUT2D eigenvalue weighted by atomic mass is 10.2. The van der Waals surface area contributed by atoms with Crippen molar-refractivity contribution >= 4 is 0 Å². The minimum atomic E-state index is -0.267. The largest absolute Gasteiger partial charge is 0.390 e. The maximum absolute atomic E-state index is 9.89. The van der Waals surface area contributed by atoms with Crippen molar-refractivity contribution in [3.05, 3.63) is 0 Å². The predicted octanol–water partition coefficient (Wildman–Crippen LogP) is 0.619. The summed E-state index contributed by atoms with van der Waals surface area (Å²) in [5.74, 6) is 0. The fourth-order valence-electron chi connectivity index (χ4n) is 1.72. The molecule has 0 radical (unpaired) electrons. The maximum Gasteiger partial charge on any atom is 0.0791 e. The normalized spacial score (nSPS) is 13.9. The van der Waals surface area contributed by atoms with E-state index in [-0.39, 0.29) is 6.10 Å². The van der Waals surface area contributed by atoms with Gasteiger partial charge in [-0.05, 0) is 40.2 Å². The summed E-state index contributed by atoms with van der Waals surface area (Å²) in [6.45, 7) is 11.0. The first-order valence-corrected chi connectivity index (χ1v) is 6.74. The fourth-order valence-corrected chi connectivity index (χ4v) is 1.72. The maximum atomic E-state index is 9.89. The molecule has 0 saturated heterocycles. The topological polar surface area (TPSA) is 38.7 Å². The van der Waals surface area contributed by atoms with Crippen molar-refractivity contribution in [3.8, 4) is 0 Å². The van der Waals surface area contributed by atoms with E-state index in [0.29, 0.717) is 12.6 Å². The van der Waals surface area contributed by atoms with Crippen molar-refractivity contribution in [2.45, 2.75) is 39.3 Å². The van der Waals surface area contributed by atoms with Crippen LogP contribution in [-0.2, 0) is 0 Å². The van der Waals surface area contributed by atoms with Crippen LogP contribution in [0.1, 0.15) is 27.2 Å². The summed E-state index contributed by atoms with van der Waals surface area (Å²) in [6.07, 6.45) is 0.891. The Bertz CT molecular complexity index is 174. The second kappa shape index (κ2) is 9.83. The SMILES string of the molecule is CCN(CCCN(C)C)CC(O)CNC(C)C. The lowest BCUT2D eigenvalue weighted by Gasteiger charge is -2.25. The number of nitrogens with one attached hydrogen (secondary N) is 1. The third-order valence-electron chi connectivity index (χ3n) is 2.76. The van der Waals surface area contributed by atoms with E-state index >= 15 is 0 Å². The van der Waals surface area contributed by atoms with Gasteiger partial charge in [-0.25, -0.2) is 0 Å². The number of aliphatic hydroxyl groups is 1. The monoisotopic (exact) mass is 245 g/mol. The number of nitrogens with zero attached hydrogens (tertiary/aromatic N) is 2. The Hall–Kier alpha value is -0.160. The fraction of sp³-hybridized carbons (Fsp3) is 1.00. The average Bonchev–Trinajstić information content (AvgIpc) is 2.24. The van der Waals surface area contributed by atoms with E-state index in [9.17, 15) is 5.11 Å². The van der Waals surface area contributed by atoms with Crippen LogP contribution in [0.5, 0.6) is 0 Å². The number of likely N-dealkylation sites (N-methyl/N-ethyl adjacent to an activating group) is 1. The second-order valence-corrected chi connectivity index (χ2v) is 5.27. The molecule has 2 N–H and O–H groups in total. The third-order valence-corrected chi connectivity index (χ3v) is 2.76. The zero-order valence-corrected chi connectivity index (χ0v) is 12.2. The Balaban J connectivity index is 3.71. The second-order valence-electron chi connectivity index (χ2n) is 5.27. The van der Waals surface area contributed by atoms with E-state index in [0.717, 1.165) is 32.6 Å². The molecule has 4 heteroatoms. The van der Waals surface area contributed by atoms with Gasteiger partial charge in [0.05, 0.1) is 6.10 Å². The van der Waals surface area contributed by atoms with Crippen LogP contribution in [0.25, 0.3) is 0 Å². The summed E-state index contributed by atoms with van der Waals surface area (Å²) in [5.41, 5.74) is 0. The van der Waals surface area contributed by atoms with Crippen molar-refractivity contribution in [3.63, 3.8) is 0 Å². The van der Waals surface area contributed by atoms with Crippen molar-refractivity contribution in [1.82, 2.24) is 15.1 Å². The van der Waals surface area contributed by atoms with Crippen molar-refractivity contribution < 1.29 is 5.11 Å². The molecule has 104 valence electrons. The van der Waals surface area contributed by atoms with Crippen LogP contribution in [-0.4, -0.2) is 73.9 Å². The molecule has 0 fully saturated rings. The molecule has 0 bridgehead atoms. The highest BCUT2D eigenvalue weighted by atomic mass is 16.3. The van der Waals surface area contributed by atoms with Gasteiger partial charge in [0.25, 0.3) is 0 Å². The van der Waals surface area contributed by atoms with E-state index in [2.05, 4.69) is 50.0 Å². The van der Waals surface area contributed by atoms with Crippen LogP contribution in [0.3, 0.4) is 0 Å². The van der Waals surface area contributed by atoms with Gasteiger partial charge in [-0.2, -0.15) is 0 Å². The lowest BCUT2D eigenvalue weighted by Crippen LogP contribution is -2.40. The molecule has 0 saturated carbocycles. The van der Waals surface area contributed by atoms with E-state index in [4.69, 9.17) is 0 Å². The van der Waals surface area contributed by atoms with Crippen LogP contribution >= 0.6 is 0 Å². The summed E-state index contributed by atoms with van der Waals surface area (Å²) >= 11 is 0. The highest BCUT2D eigenvalue weighted by molar-refractivity contribution is 4.67. The zero-order valence-electron chi connectivity index (χ0n) is 12.2. The third kappa shape index (κ3) is 10.7. The van der Waals surface area contributed by atoms with E-state index in [1.807, 2.05) is 0 Å². The number of rotatable bonds is 10. The van der Waals surface area contributed by atoms with Gasteiger partial charge in [-0.3, -0.25) is 0 Å². The first-order chi connectivity index (χ1) is 7.95. The van der Waals surface area contributed by atoms with Crippen molar-refractivity contribution in [2.75, 3.05) is 46.8 Å². The van der Waals surface area contributed by atoms with Gasteiger partial charge in [-0.15, -0.1) is 0 Å². The van der Waals surface area contributed by atoms with Gasteiger partial charge in [0, 0.05) is 19.1 Å². The molecule has 0 amide bonds. The summed E-state index contributed by atoms with van der Waals surface area (Å²) in [4.78, 5) is 4.51. The molecule has 4 nitrogen and oxygen atoms in total. The molecule has 1 unspecified atom stereocenters. The summed E-state index contributed by atoms with van der Waals surface area (Å²) < 4.78 is 0. The molecule has 0 aromatic rings. The molecule has 1 atom stereocenters. The quantitative estimate of drug-likeness (QED) is 0.592. The van der Waals surface area contributed by atoms with E-state index < -0.39 is 0 Å². The summed E-state index contributed by atoms with van der Waals surface area (Å²) in [5, 5.41) is 13.2. The summed E-state index contributed by atoms with van der Waals surface area (Å²) in [6, 6.07) is 0.438. The Kier molecular flexibility index (Phi) is 9.74. The molecule has 0 aliphatic carbocycles. The van der Waals surface area contributed by atoms with E-state index in [1.54, 1.807) is 0 Å². The standard InChI is InChI=1S/C13H31N3O/c1-6-16(9-7-8-15(4)5)11-13(17)10-14-12(2)3/h12-14,17H,6-11H2,1-5H3. The lowest BCUT2D eigenvalue weighted by molar-refractivity contribution is 0.110. The van der Waals surface area contributed by atoms with Gasteiger partial charge < -0.3 is 20.2 Å². The molecule has 0 spiro atoms. The van der Waals surface area contributed by atoms with Crippen molar-refractivity contribution in [1.29, 1.82) is 0 Å². The first-order valence-electron chi connectivity index (χ1n) is 6.74. The molecule has 0 aliphatic rings. The van der Waals surface area contributed by atoms with Crippen LogP contribution in [0.4, 0.5) is 0 Å². The zero-order chi connectivity index (χ0) is 13.3. The van der Waals surface area contributed by atoms with Gasteiger partial charge in [0.1, 0.15) is 0 Å². The molecule has 0 aromatic carbocycles. The van der Waals surface area contributed by atoms with Crippen molar-refractivity contribution in [2.24, 2.45) is 0 Å². The van der Waals surface area contributed by atoms with Gasteiger partial charge in [0.2, 0.25) is 0 Å².